The monoisotopic (exact) mass is 391 g/mol. The van der Waals surface area contributed by atoms with Crippen molar-refractivity contribution in [2.45, 2.75) is 39.0 Å². The molecule has 1 aromatic carbocycles. The first kappa shape index (κ1) is 20.2. The van der Waals surface area contributed by atoms with Gasteiger partial charge in [0, 0.05) is 12.6 Å². The fourth-order valence-corrected chi connectivity index (χ4v) is 3.99. The highest BCUT2D eigenvalue weighted by atomic mass is 32.2. The number of alkyl halides is 3. The summed E-state index contributed by atoms with van der Waals surface area (Å²) in [4.78, 5) is 11.8. The lowest BCUT2D eigenvalue weighted by Crippen LogP contribution is -2.44. The van der Waals surface area contributed by atoms with E-state index in [1.807, 2.05) is 0 Å². The Morgan fingerprint density at radius 2 is 1.85 bits per heavy atom. The van der Waals surface area contributed by atoms with E-state index >= 15 is 0 Å². The van der Waals surface area contributed by atoms with Crippen LogP contribution in [0, 0.1) is 0 Å². The number of rotatable bonds is 6. The molecule has 0 spiro atoms. The summed E-state index contributed by atoms with van der Waals surface area (Å²) in [6, 6.07) is 8.00. The summed E-state index contributed by atoms with van der Waals surface area (Å²) in [7, 11) is -4.57. The summed E-state index contributed by atoms with van der Waals surface area (Å²) in [6.07, 6.45) is -4.83. The highest BCUT2D eigenvalue weighted by Gasteiger charge is 2.38. The van der Waals surface area contributed by atoms with E-state index in [2.05, 4.69) is 9.82 Å². The van der Waals surface area contributed by atoms with Gasteiger partial charge in [0.1, 0.15) is 0 Å². The number of hydrogen-bond donors (Lipinski definition) is 2. The van der Waals surface area contributed by atoms with Gasteiger partial charge in [-0.2, -0.15) is 13.2 Å². The van der Waals surface area contributed by atoms with Crippen molar-refractivity contribution < 1.29 is 21.6 Å². The Labute approximate surface area is 149 Å². The largest absolute Gasteiger partial charge is 0.404 e. The molecule has 0 aliphatic carbocycles. The maximum atomic E-state index is 12.4. The first-order valence-electron chi connectivity index (χ1n) is 7.82. The molecule has 0 amide bonds. The van der Waals surface area contributed by atoms with Crippen LogP contribution in [0.5, 0.6) is 0 Å². The molecule has 1 aromatic heterocycles. The summed E-state index contributed by atoms with van der Waals surface area (Å²) < 4.78 is 64.4. The van der Waals surface area contributed by atoms with Crippen molar-refractivity contribution in [3.05, 3.63) is 46.2 Å². The minimum atomic E-state index is -4.83. The maximum absolute atomic E-state index is 12.4. The lowest BCUT2D eigenvalue weighted by molar-refractivity contribution is -0.106. The molecule has 0 radical (unpaired) electrons. The predicted molar refractivity (Wildman–Crippen MR) is 92.2 cm³/mol. The van der Waals surface area contributed by atoms with Crippen LogP contribution in [-0.2, 0) is 22.1 Å². The summed E-state index contributed by atoms with van der Waals surface area (Å²) in [5.41, 5.74) is 0.139. The summed E-state index contributed by atoms with van der Waals surface area (Å²) in [6.45, 7) is 5.21. The van der Waals surface area contributed by atoms with Gasteiger partial charge in [-0.3, -0.25) is 14.6 Å². The van der Waals surface area contributed by atoms with Crippen LogP contribution in [0.2, 0.25) is 0 Å². The first-order chi connectivity index (χ1) is 11.8. The number of halogens is 3. The number of aryl methyl sites for hydroxylation is 1. The number of aromatic amines is 1. The molecule has 0 bridgehead atoms. The molecule has 0 saturated carbocycles. The van der Waals surface area contributed by atoms with Gasteiger partial charge in [-0.15, -0.1) is 0 Å². The second-order valence-corrected chi connectivity index (χ2v) is 8.16. The molecule has 0 fully saturated rings. The average Bonchev–Trinajstić information content (AvgIpc) is 2.85. The molecule has 0 saturated heterocycles. The van der Waals surface area contributed by atoms with Gasteiger partial charge in [0.15, 0.2) is 5.75 Å². The van der Waals surface area contributed by atoms with Gasteiger partial charge in [0.05, 0.1) is 11.2 Å². The van der Waals surface area contributed by atoms with Crippen molar-refractivity contribution >= 4 is 10.0 Å². The molecular formula is C16H20F3N3O3S. The Kier molecular flexibility index (Phi) is 5.39. The van der Waals surface area contributed by atoms with Gasteiger partial charge < -0.3 is 0 Å². The molecule has 10 heteroatoms. The van der Waals surface area contributed by atoms with Crippen LogP contribution in [0.3, 0.4) is 0 Å². The van der Waals surface area contributed by atoms with E-state index in [4.69, 9.17) is 0 Å². The Morgan fingerprint density at radius 3 is 2.38 bits per heavy atom. The van der Waals surface area contributed by atoms with Crippen LogP contribution in [0.1, 0.15) is 26.3 Å². The number of benzene rings is 1. The number of nitrogens with one attached hydrogen (secondary N) is 2. The SMILES string of the molecule is CCn1[nH]c(-c2cccc(C(C)(C)NS(=O)(=O)CC(F)(F)F)c2)cc1=O. The van der Waals surface area contributed by atoms with Crippen molar-refractivity contribution in [3.8, 4) is 11.3 Å². The van der Waals surface area contributed by atoms with Gasteiger partial charge in [-0.05, 0) is 38.0 Å². The quantitative estimate of drug-likeness (QED) is 0.794. The molecular weight excluding hydrogens is 371 g/mol. The molecule has 0 atom stereocenters. The Balaban J connectivity index is 2.34. The third-order valence-electron chi connectivity index (χ3n) is 3.77. The van der Waals surface area contributed by atoms with Gasteiger partial charge in [0.25, 0.3) is 5.56 Å². The minimum absolute atomic E-state index is 0.210. The fourth-order valence-electron chi connectivity index (χ4n) is 2.59. The highest BCUT2D eigenvalue weighted by molar-refractivity contribution is 7.89. The topological polar surface area (TPSA) is 84.0 Å². The number of aromatic nitrogens is 2. The third-order valence-corrected chi connectivity index (χ3v) is 5.29. The van der Waals surface area contributed by atoms with Gasteiger partial charge in [-0.25, -0.2) is 13.1 Å². The second kappa shape index (κ2) is 6.92. The lowest BCUT2D eigenvalue weighted by atomic mass is 9.93. The Morgan fingerprint density at radius 1 is 1.19 bits per heavy atom. The van der Waals surface area contributed by atoms with E-state index in [9.17, 15) is 26.4 Å². The Hall–Kier alpha value is -2.07. The van der Waals surface area contributed by atoms with E-state index in [0.717, 1.165) is 0 Å². The average molecular weight is 391 g/mol. The molecule has 26 heavy (non-hydrogen) atoms. The van der Waals surface area contributed by atoms with Gasteiger partial charge in [0.2, 0.25) is 10.0 Å². The Bertz CT molecular complexity index is 943. The molecule has 6 nitrogen and oxygen atoms in total. The van der Waals surface area contributed by atoms with E-state index in [1.54, 1.807) is 31.2 Å². The van der Waals surface area contributed by atoms with Crippen LogP contribution >= 0.6 is 0 Å². The molecule has 0 unspecified atom stereocenters. The molecule has 2 aromatic rings. The van der Waals surface area contributed by atoms with Crippen molar-refractivity contribution in [1.82, 2.24) is 14.5 Å². The second-order valence-electron chi connectivity index (χ2n) is 6.43. The standard InChI is InChI=1S/C16H20F3N3O3S/c1-4-22-14(23)9-13(20-22)11-6-5-7-12(8-11)15(2,3)21-26(24,25)10-16(17,18)19/h5-9,20-21H,4,10H2,1-3H3. The molecule has 2 rings (SSSR count). The smallest absolute Gasteiger partial charge is 0.295 e. The zero-order valence-corrected chi connectivity index (χ0v) is 15.3. The van der Waals surface area contributed by atoms with Crippen LogP contribution in [-0.4, -0.2) is 30.1 Å². The van der Waals surface area contributed by atoms with E-state index in [-0.39, 0.29) is 5.56 Å². The normalized spacial score (nSPS) is 13.2. The van der Waals surface area contributed by atoms with Crippen LogP contribution < -0.4 is 10.3 Å². The summed E-state index contributed by atoms with van der Waals surface area (Å²) in [5.74, 6) is -1.95. The first-order valence-corrected chi connectivity index (χ1v) is 9.47. The molecule has 0 aliphatic heterocycles. The third kappa shape index (κ3) is 4.98. The van der Waals surface area contributed by atoms with Crippen LogP contribution in [0.4, 0.5) is 13.2 Å². The number of H-pyrrole nitrogens is 1. The zero-order chi connectivity index (χ0) is 19.8. The summed E-state index contributed by atoms with van der Waals surface area (Å²) in [5, 5.41) is 2.92. The van der Waals surface area contributed by atoms with Gasteiger partial charge in [-0.1, -0.05) is 18.2 Å². The lowest BCUT2D eigenvalue weighted by Gasteiger charge is -2.27. The number of hydrogen-bond acceptors (Lipinski definition) is 3. The fraction of sp³-hybridized carbons (Fsp3) is 0.438. The molecule has 1 heterocycles. The number of sulfonamides is 1. The summed E-state index contributed by atoms with van der Waals surface area (Å²) >= 11 is 0. The molecule has 144 valence electrons. The van der Waals surface area contributed by atoms with Crippen molar-refractivity contribution in [2.24, 2.45) is 0 Å². The van der Waals surface area contributed by atoms with Crippen LogP contribution in [0.15, 0.2) is 35.1 Å². The van der Waals surface area contributed by atoms with E-state index < -0.39 is 27.5 Å². The minimum Gasteiger partial charge on any atom is -0.295 e. The molecule has 2 N–H and O–H groups in total. The van der Waals surface area contributed by atoms with E-state index in [0.29, 0.717) is 23.4 Å². The van der Waals surface area contributed by atoms with Crippen LogP contribution in [0.25, 0.3) is 11.3 Å². The highest BCUT2D eigenvalue weighted by Crippen LogP contribution is 2.27. The number of nitrogens with zero attached hydrogens (tertiary/aromatic N) is 1. The van der Waals surface area contributed by atoms with E-state index in [1.165, 1.54) is 24.6 Å². The zero-order valence-electron chi connectivity index (χ0n) is 14.5. The van der Waals surface area contributed by atoms with Crippen molar-refractivity contribution in [3.63, 3.8) is 0 Å². The maximum Gasteiger partial charge on any atom is 0.404 e. The predicted octanol–water partition coefficient (Wildman–Crippen LogP) is 2.58. The van der Waals surface area contributed by atoms with Gasteiger partial charge >= 0.3 is 6.18 Å². The van der Waals surface area contributed by atoms with Crippen molar-refractivity contribution in [1.29, 1.82) is 0 Å². The van der Waals surface area contributed by atoms with Crippen molar-refractivity contribution in [2.75, 3.05) is 5.75 Å². The molecule has 0 aliphatic rings.